The van der Waals surface area contributed by atoms with Crippen LogP contribution in [0.25, 0.3) is 11.5 Å². The fourth-order valence-electron chi connectivity index (χ4n) is 2.30. The van der Waals surface area contributed by atoms with Crippen molar-refractivity contribution in [1.82, 2.24) is 15.5 Å². The number of nitrogens with one attached hydrogen (secondary N) is 1. The molecule has 122 valence electrons. The summed E-state index contributed by atoms with van der Waals surface area (Å²) >= 11 is 0. The molecule has 3 rings (SSSR count). The molecule has 24 heavy (non-hydrogen) atoms. The van der Waals surface area contributed by atoms with E-state index in [0.717, 1.165) is 11.1 Å². The van der Waals surface area contributed by atoms with E-state index in [4.69, 9.17) is 4.42 Å². The monoisotopic (exact) mass is 321 g/mol. The first-order chi connectivity index (χ1) is 11.7. The molecular formula is C19H19N3O2. The summed E-state index contributed by atoms with van der Waals surface area (Å²) in [7, 11) is 0. The van der Waals surface area contributed by atoms with E-state index in [1.165, 1.54) is 5.56 Å². The van der Waals surface area contributed by atoms with Crippen LogP contribution in [0.3, 0.4) is 0 Å². The lowest BCUT2D eigenvalue weighted by Gasteiger charge is -2.02. The van der Waals surface area contributed by atoms with E-state index in [9.17, 15) is 4.79 Å². The van der Waals surface area contributed by atoms with Crippen molar-refractivity contribution in [3.63, 3.8) is 0 Å². The number of aromatic nitrogens is 2. The number of carbonyl (C=O) groups is 1. The average molecular weight is 321 g/mol. The summed E-state index contributed by atoms with van der Waals surface area (Å²) in [5.41, 5.74) is 3.19. The largest absolute Gasteiger partial charge is 0.419 e. The summed E-state index contributed by atoms with van der Waals surface area (Å²) in [6.07, 6.45) is 1.15. The zero-order chi connectivity index (χ0) is 16.8. The Morgan fingerprint density at radius 2 is 1.79 bits per heavy atom. The van der Waals surface area contributed by atoms with Gasteiger partial charge in [0.15, 0.2) is 0 Å². The molecule has 0 bridgehead atoms. The van der Waals surface area contributed by atoms with Crippen LogP contribution in [0.2, 0.25) is 0 Å². The SMILES string of the molecule is Cc1ccc(-c2nnc(CNC(=O)CCc3ccccc3)o2)cc1. The van der Waals surface area contributed by atoms with Gasteiger partial charge in [0, 0.05) is 12.0 Å². The fraction of sp³-hybridized carbons (Fsp3) is 0.211. The van der Waals surface area contributed by atoms with E-state index in [1.807, 2.05) is 61.5 Å². The van der Waals surface area contributed by atoms with Crippen molar-refractivity contribution < 1.29 is 9.21 Å². The Labute approximate surface area is 140 Å². The molecule has 1 aromatic heterocycles. The fourth-order valence-corrected chi connectivity index (χ4v) is 2.30. The first-order valence-electron chi connectivity index (χ1n) is 7.91. The van der Waals surface area contributed by atoms with Gasteiger partial charge >= 0.3 is 0 Å². The lowest BCUT2D eigenvalue weighted by molar-refractivity contribution is -0.121. The molecule has 3 aromatic rings. The molecule has 1 amide bonds. The Kier molecular flexibility index (Phi) is 5.01. The highest BCUT2D eigenvalue weighted by Crippen LogP contribution is 2.18. The molecule has 1 heterocycles. The maximum atomic E-state index is 11.9. The molecule has 5 heteroatoms. The number of nitrogens with zero attached hydrogens (tertiary/aromatic N) is 2. The third-order valence-corrected chi connectivity index (χ3v) is 3.69. The number of hydrogen-bond acceptors (Lipinski definition) is 4. The highest BCUT2D eigenvalue weighted by molar-refractivity contribution is 5.76. The maximum Gasteiger partial charge on any atom is 0.247 e. The molecule has 0 saturated heterocycles. The Bertz CT molecular complexity index is 795. The van der Waals surface area contributed by atoms with Crippen LogP contribution in [-0.4, -0.2) is 16.1 Å². The molecule has 0 aliphatic rings. The molecule has 0 fully saturated rings. The van der Waals surface area contributed by atoms with Crippen molar-refractivity contribution in [2.75, 3.05) is 0 Å². The lowest BCUT2D eigenvalue weighted by atomic mass is 10.1. The van der Waals surface area contributed by atoms with E-state index in [1.54, 1.807) is 0 Å². The van der Waals surface area contributed by atoms with Crippen molar-refractivity contribution >= 4 is 5.91 Å². The van der Waals surface area contributed by atoms with Gasteiger partial charge in [0.2, 0.25) is 17.7 Å². The van der Waals surface area contributed by atoms with Crippen LogP contribution in [0.5, 0.6) is 0 Å². The molecule has 0 aliphatic heterocycles. The zero-order valence-corrected chi connectivity index (χ0v) is 13.5. The zero-order valence-electron chi connectivity index (χ0n) is 13.5. The van der Waals surface area contributed by atoms with Crippen LogP contribution in [-0.2, 0) is 17.8 Å². The summed E-state index contributed by atoms with van der Waals surface area (Å²) < 4.78 is 5.59. The molecule has 0 atom stereocenters. The van der Waals surface area contributed by atoms with Crippen LogP contribution in [0.4, 0.5) is 0 Å². The van der Waals surface area contributed by atoms with E-state index < -0.39 is 0 Å². The van der Waals surface area contributed by atoms with E-state index in [-0.39, 0.29) is 12.5 Å². The van der Waals surface area contributed by atoms with E-state index in [2.05, 4.69) is 15.5 Å². The van der Waals surface area contributed by atoms with E-state index >= 15 is 0 Å². The van der Waals surface area contributed by atoms with Gasteiger partial charge in [0.05, 0.1) is 6.54 Å². The second-order valence-corrected chi connectivity index (χ2v) is 5.63. The molecule has 2 aromatic carbocycles. The van der Waals surface area contributed by atoms with Gasteiger partial charge in [0.25, 0.3) is 0 Å². The van der Waals surface area contributed by atoms with Crippen molar-refractivity contribution in [2.24, 2.45) is 0 Å². The highest BCUT2D eigenvalue weighted by Gasteiger charge is 2.09. The second-order valence-electron chi connectivity index (χ2n) is 5.63. The Hall–Kier alpha value is -2.95. The third-order valence-electron chi connectivity index (χ3n) is 3.69. The molecule has 0 unspecified atom stereocenters. The van der Waals surface area contributed by atoms with Crippen LogP contribution in [0.15, 0.2) is 59.0 Å². The standard InChI is InChI=1S/C19H19N3O2/c1-14-7-10-16(11-8-14)19-22-21-18(24-19)13-20-17(23)12-9-15-5-3-2-4-6-15/h2-8,10-11H,9,12-13H2,1H3,(H,20,23). The minimum absolute atomic E-state index is 0.0334. The van der Waals surface area contributed by atoms with E-state index in [0.29, 0.717) is 24.6 Å². The molecule has 1 N–H and O–H groups in total. The molecule has 0 radical (unpaired) electrons. The topological polar surface area (TPSA) is 68.0 Å². The van der Waals surface area contributed by atoms with Gasteiger partial charge in [-0.1, -0.05) is 48.0 Å². The number of hydrogen-bond donors (Lipinski definition) is 1. The number of aryl methyl sites for hydroxylation is 2. The van der Waals surface area contributed by atoms with Gasteiger partial charge in [-0.25, -0.2) is 0 Å². The second kappa shape index (κ2) is 7.55. The summed E-state index contributed by atoms with van der Waals surface area (Å²) in [5, 5.41) is 10.8. The summed E-state index contributed by atoms with van der Waals surface area (Å²) in [6.45, 7) is 2.26. The molecular weight excluding hydrogens is 302 g/mol. The van der Waals surface area contributed by atoms with Gasteiger partial charge < -0.3 is 9.73 Å². The number of benzene rings is 2. The molecule has 0 saturated carbocycles. The van der Waals surface area contributed by atoms with Crippen molar-refractivity contribution in [3.05, 3.63) is 71.6 Å². The van der Waals surface area contributed by atoms with Gasteiger partial charge in [-0.15, -0.1) is 10.2 Å². The van der Waals surface area contributed by atoms with Gasteiger partial charge in [-0.05, 0) is 31.0 Å². The van der Waals surface area contributed by atoms with Gasteiger partial charge in [0.1, 0.15) is 0 Å². The number of rotatable bonds is 6. The predicted octanol–water partition coefficient (Wildman–Crippen LogP) is 3.29. The Morgan fingerprint density at radius 1 is 1.04 bits per heavy atom. The van der Waals surface area contributed by atoms with Crippen LogP contribution in [0.1, 0.15) is 23.4 Å². The minimum atomic E-state index is -0.0334. The summed E-state index contributed by atoms with van der Waals surface area (Å²) in [6, 6.07) is 17.8. The highest BCUT2D eigenvalue weighted by atomic mass is 16.4. The minimum Gasteiger partial charge on any atom is -0.419 e. The number of amides is 1. The summed E-state index contributed by atoms with van der Waals surface area (Å²) in [5.74, 6) is 0.830. The third kappa shape index (κ3) is 4.29. The van der Waals surface area contributed by atoms with Crippen molar-refractivity contribution in [2.45, 2.75) is 26.3 Å². The molecule has 0 aliphatic carbocycles. The maximum absolute atomic E-state index is 11.9. The van der Waals surface area contributed by atoms with Gasteiger partial charge in [-0.2, -0.15) is 0 Å². The average Bonchev–Trinajstić information content (AvgIpc) is 3.09. The van der Waals surface area contributed by atoms with Crippen LogP contribution >= 0.6 is 0 Å². The Balaban J connectivity index is 1.50. The lowest BCUT2D eigenvalue weighted by Crippen LogP contribution is -2.23. The first-order valence-corrected chi connectivity index (χ1v) is 7.91. The van der Waals surface area contributed by atoms with Crippen LogP contribution in [0, 0.1) is 6.92 Å². The predicted molar refractivity (Wildman–Crippen MR) is 91.1 cm³/mol. The smallest absolute Gasteiger partial charge is 0.247 e. The first kappa shape index (κ1) is 15.9. The van der Waals surface area contributed by atoms with Gasteiger partial charge in [-0.3, -0.25) is 4.79 Å². The molecule has 0 spiro atoms. The van der Waals surface area contributed by atoms with Crippen molar-refractivity contribution in [3.8, 4) is 11.5 Å². The normalized spacial score (nSPS) is 10.5. The number of carbonyl (C=O) groups excluding carboxylic acids is 1. The van der Waals surface area contributed by atoms with Crippen LogP contribution < -0.4 is 5.32 Å². The Morgan fingerprint density at radius 3 is 2.54 bits per heavy atom. The molecule has 5 nitrogen and oxygen atoms in total. The van der Waals surface area contributed by atoms with Crippen molar-refractivity contribution in [1.29, 1.82) is 0 Å². The quantitative estimate of drug-likeness (QED) is 0.756. The summed E-state index contributed by atoms with van der Waals surface area (Å²) in [4.78, 5) is 11.9.